The highest BCUT2D eigenvalue weighted by molar-refractivity contribution is 5.35. The number of hydrogen-bond donors (Lipinski definition) is 1. The fourth-order valence-corrected chi connectivity index (χ4v) is 2.04. The van der Waals surface area contributed by atoms with Crippen molar-refractivity contribution in [3.05, 3.63) is 53.7 Å². The molecule has 4 nitrogen and oxygen atoms in total. The molecule has 0 aliphatic carbocycles. The summed E-state index contributed by atoms with van der Waals surface area (Å²) in [4.78, 5) is 4.19. The van der Waals surface area contributed by atoms with Crippen LogP contribution in [0.15, 0.2) is 42.6 Å². The topological polar surface area (TPSA) is 43.4 Å². The van der Waals surface area contributed by atoms with Gasteiger partial charge < -0.3 is 14.8 Å². The number of nitrogens with zero attached hydrogens (tertiary/aromatic N) is 1. The van der Waals surface area contributed by atoms with Crippen LogP contribution in [0.25, 0.3) is 0 Å². The van der Waals surface area contributed by atoms with Crippen molar-refractivity contribution in [2.45, 2.75) is 19.5 Å². The van der Waals surface area contributed by atoms with Crippen LogP contribution in [0.4, 0.5) is 0 Å². The maximum absolute atomic E-state index is 5.38. The molecule has 0 saturated heterocycles. The van der Waals surface area contributed by atoms with Crippen molar-refractivity contribution in [2.75, 3.05) is 14.2 Å². The molecule has 20 heavy (non-hydrogen) atoms. The summed E-state index contributed by atoms with van der Waals surface area (Å²) in [6.45, 7) is 2.87. The second kappa shape index (κ2) is 6.91. The minimum Gasteiger partial charge on any atom is -0.496 e. The first kappa shape index (κ1) is 14.3. The second-order valence-corrected chi connectivity index (χ2v) is 4.55. The molecule has 1 atom stereocenters. The molecule has 0 spiro atoms. The van der Waals surface area contributed by atoms with E-state index in [1.54, 1.807) is 14.2 Å². The summed E-state index contributed by atoms with van der Waals surface area (Å²) in [5, 5.41) is 3.47. The fraction of sp³-hybridized carbons (Fsp3) is 0.312. The highest BCUT2D eigenvalue weighted by Gasteiger charge is 2.10. The van der Waals surface area contributed by atoms with Crippen molar-refractivity contribution >= 4 is 0 Å². The highest BCUT2D eigenvalue weighted by Crippen LogP contribution is 2.24. The Labute approximate surface area is 119 Å². The molecule has 0 aliphatic rings. The average Bonchev–Trinajstić information content (AvgIpc) is 2.53. The van der Waals surface area contributed by atoms with Gasteiger partial charge in [-0.1, -0.05) is 24.3 Å². The van der Waals surface area contributed by atoms with E-state index in [9.17, 15) is 0 Å². The van der Waals surface area contributed by atoms with Gasteiger partial charge in [0.25, 0.3) is 0 Å². The average molecular weight is 272 g/mol. The van der Waals surface area contributed by atoms with Gasteiger partial charge in [-0.25, -0.2) is 4.98 Å². The Balaban J connectivity index is 1.98. The van der Waals surface area contributed by atoms with E-state index < -0.39 is 0 Å². The van der Waals surface area contributed by atoms with E-state index in [1.165, 1.54) is 0 Å². The zero-order chi connectivity index (χ0) is 14.4. The zero-order valence-corrected chi connectivity index (χ0v) is 12.1. The van der Waals surface area contributed by atoms with Crippen LogP contribution in [0, 0.1) is 0 Å². The second-order valence-electron chi connectivity index (χ2n) is 4.55. The molecule has 2 aromatic rings. The van der Waals surface area contributed by atoms with Crippen molar-refractivity contribution in [3.8, 4) is 11.6 Å². The Bertz CT molecular complexity index is 540. The molecule has 2 rings (SSSR count). The molecule has 0 amide bonds. The van der Waals surface area contributed by atoms with Crippen molar-refractivity contribution < 1.29 is 9.47 Å². The van der Waals surface area contributed by atoms with Gasteiger partial charge in [-0.2, -0.15) is 0 Å². The Morgan fingerprint density at radius 1 is 1.10 bits per heavy atom. The van der Waals surface area contributed by atoms with E-state index in [0.29, 0.717) is 5.88 Å². The molecule has 1 unspecified atom stereocenters. The summed E-state index contributed by atoms with van der Waals surface area (Å²) < 4.78 is 10.4. The number of ether oxygens (including phenoxy) is 2. The van der Waals surface area contributed by atoms with Gasteiger partial charge in [-0.15, -0.1) is 0 Å². The molecule has 1 aromatic heterocycles. The van der Waals surface area contributed by atoms with E-state index >= 15 is 0 Å². The van der Waals surface area contributed by atoms with E-state index in [0.717, 1.165) is 23.4 Å². The highest BCUT2D eigenvalue weighted by atomic mass is 16.5. The third-order valence-corrected chi connectivity index (χ3v) is 3.22. The summed E-state index contributed by atoms with van der Waals surface area (Å²) in [6, 6.07) is 12.1. The van der Waals surface area contributed by atoms with Gasteiger partial charge in [0.2, 0.25) is 5.88 Å². The number of aromatic nitrogens is 1. The molecule has 1 N–H and O–H groups in total. The largest absolute Gasteiger partial charge is 0.496 e. The normalized spacial score (nSPS) is 11.9. The van der Waals surface area contributed by atoms with E-state index in [1.807, 2.05) is 36.5 Å². The SMILES string of the molecule is COc1ccc(CNC(C)c2ccccc2OC)cn1. The number of hydrogen-bond acceptors (Lipinski definition) is 4. The fourth-order valence-electron chi connectivity index (χ4n) is 2.04. The number of rotatable bonds is 6. The van der Waals surface area contributed by atoms with Gasteiger partial charge in [0, 0.05) is 30.4 Å². The first-order chi connectivity index (χ1) is 9.74. The molecule has 0 fully saturated rings. The van der Waals surface area contributed by atoms with Gasteiger partial charge in [-0.3, -0.25) is 0 Å². The van der Waals surface area contributed by atoms with Crippen LogP contribution in [0.2, 0.25) is 0 Å². The van der Waals surface area contributed by atoms with Crippen LogP contribution in [0.5, 0.6) is 11.6 Å². The maximum atomic E-state index is 5.38. The molecule has 0 radical (unpaired) electrons. The maximum Gasteiger partial charge on any atom is 0.212 e. The molecular weight excluding hydrogens is 252 g/mol. The summed E-state index contributed by atoms with van der Waals surface area (Å²) in [6.07, 6.45) is 1.82. The van der Waals surface area contributed by atoms with Gasteiger partial charge in [0.15, 0.2) is 0 Å². The molecule has 106 valence electrons. The van der Waals surface area contributed by atoms with Crippen LogP contribution in [-0.4, -0.2) is 19.2 Å². The van der Waals surface area contributed by atoms with Crippen molar-refractivity contribution in [1.82, 2.24) is 10.3 Å². The lowest BCUT2D eigenvalue weighted by Gasteiger charge is -2.17. The van der Waals surface area contributed by atoms with Crippen molar-refractivity contribution in [2.24, 2.45) is 0 Å². The number of nitrogens with one attached hydrogen (secondary N) is 1. The summed E-state index contributed by atoms with van der Waals surface area (Å²) >= 11 is 0. The van der Waals surface area contributed by atoms with Gasteiger partial charge in [0.05, 0.1) is 14.2 Å². The van der Waals surface area contributed by atoms with Crippen LogP contribution >= 0.6 is 0 Å². The Morgan fingerprint density at radius 2 is 1.90 bits per heavy atom. The summed E-state index contributed by atoms with van der Waals surface area (Å²) in [5.41, 5.74) is 2.27. The Hall–Kier alpha value is -2.07. The zero-order valence-electron chi connectivity index (χ0n) is 12.1. The smallest absolute Gasteiger partial charge is 0.212 e. The van der Waals surface area contributed by atoms with Gasteiger partial charge in [0.1, 0.15) is 5.75 Å². The predicted molar refractivity (Wildman–Crippen MR) is 79.0 cm³/mol. The van der Waals surface area contributed by atoms with Crippen LogP contribution in [0.1, 0.15) is 24.1 Å². The molecule has 1 heterocycles. The molecular formula is C16H20N2O2. The summed E-state index contributed by atoms with van der Waals surface area (Å²) in [5.74, 6) is 1.53. The minimum atomic E-state index is 0.202. The molecule has 0 saturated carbocycles. The van der Waals surface area contributed by atoms with Crippen molar-refractivity contribution in [3.63, 3.8) is 0 Å². The lowest BCUT2D eigenvalue weighted by atomic mass is 10.1. The lowest BCUT2D eigenvalue weighted by molar-refractivity contribution is 0.397. The Kier molecular flexibility index (Phi) is 4.96. The van der Waals surface area contributed by atoms with Crippen molar-refractivity contribution in [1.29, 1.82) is 0 Å². The van der Waals surface area contributed by atoms with E-state index in [4.69, 9.17) is 9.47 Å². The lowest BCUT2D eigenvalue weighted by Crippen LogP contribution is -2.18. The van der Waals surface area contributed by atoms with Crippen LogP contribution in [-0.2, 0) is 6.54 Å². The predicted octanol–water partition coefficient (Wildman–Crippen LogP) is 2.95. The van der Waals surface area contributed by atoms with Gasteiger partial charge >= 0.3 is 0 Å². The number of para-hydroxylation sites is 1. The number of pyridine rings is 1. The summed E-state index contributed by atoms with van der Waals surface area (Å²) in [7, 11) is 3.31. The molecule has 4 heteroatoms. The first-order valence-electron chi connectivity index (χ1n) is 6.60. The Morgan fingerprint density at radius 3 is 2.55 bits per heavy atom. The van der Waals surface area contributed by atoms with E-state index in [2.05, 4.69) is 23.3 Å². The minimum absolute atomic E-state index is 0.202. The quantitative estimate of drug-likeness (QED) is 0.878. The van der Waals surface area contributed by atoms with Crippen LogP contribution in [0.3, 0.4) is 0 Å². The number of methoxy groups -OCH3 is 2. The monoisotopic (exact) mass is 272 g/mol. The standard InChI is InChI=1S/C16H20N2O2/c1-12(14-6-4-5-7-15(14)19-2)17-10-13-8-9-16(20-3)18-11-13/h4-9,11-12,17H,10H2,1-3H3. The third-order valence-electron chi connectivity index (χ3n) is 3.22. The molecule has 1 aromatic carbocycles. The van der Waals surface area contributed by atoms with Gasteiger partial charge in [-0.05, 0) is 18.6 Å². The molecule has 0 aliphatic heterocycles. The van der Waals surface area contributed by atoms with Crippen LogP contribution < -0.4 is 14.8 Å². The third kappa shape index (κ3) is 3.48. The van der Waals surface area contributed by atoms with E-state index in [-0.39, 0.29) is 6.04 Å². The first-order valence-corrected chi connectivity index (χ1v) is 6.60. The number of benzene rings is 1. The molecule has 0 bridgehead atoms.